The summed E-state index contributed by atoms with van der Waals surface area (Å²) in [6.45, 7) is 7.77. The molecule has 0 bridgehead atoms. The zero-order valence-corrected chi connectivity index (χ0v) is 20.8. The molecule has 0 radical (unpaired) electrons. The van der Waals surface area contributed by atoms with Gasteiger partial charge in [-0.1, -0.05) is 20.8 Å². The maximum Gasteiger partial charge on any atom is 0.305 e. The average molecular weight is 431 g/mol. The average Bonchev–Trinajstić information content (AvgIpc) is 3.11. The summed E-state index contributed by atoms with van der Waals surface area (Å²) >= 11 is 0. The second kappa shape index (κ2) is 9.10. The number of methoxy groups -OCH3 is 2. The van der Waals surface area contributed by atoms with Crippen molar-refractivity contribution < 1.29 is 14.3 Å². The van der Waals surface area contributed by atoms with E-state index in [0.717, 1.165) is 41.9 Å². The maximum atomic E-state index is 11.5. The van der Waals surface area contributed by atoms with Crippen LogP contribution in [0, 0.1) is 46.3 Å². The molecule has 8 atom stereocenters. The summed E-state index contributed by atoms with van der Waals surface area (Å²) in [4.78, 5) is 11.5. The Kier molecular flexibility index (Phi) is 6.80. The number of fused-ring (bicyclic) bond motifs is 5. The van der Waals surface area contributed by atoms with Crippen LogP contribution in [0.15, 0.2) is 11.8 Å². The molecule has 0 aromatic heterocycles. The summed E-state index contributed by atoms with van der Waals surface area (Å²) in [5.74, 6) is 5.17. The number of ether oxygens (including phenoxy) is 2. The fourth-order valence-corrected chi connectivity index (χ4v) is 9.23. The quantitative estimate of drug-likeness (QED) is 0.331. The van der Waals surface area contributed by atoms with Crippen LogP contribution in [0.25, 0.3) is 0 Å². The standard InChI is InChI=1S/C28H46O3/c1-19(7-6-8-26(29)31-5)23-11-12-24-22-10-9-21-17-20(18-30-4)13-15-27(21,2)25(22)14-16-28(23,24)3/h18-19,21-25H,6-17H2,1-5H3/b20-18+/t19-,21+,22+,23-,24+,25+,27+,28-/m1/s1. The Labute approximate surface area is 190 Å². The van der Waals surface area contributed by atoms with Gasteiger partial charge in [-0.05, 0) is 123 Å². The fourth-order valence-electron chi connectivity index (χ4n) is 9.23. The number of hydrogen-bond donors (Lipinski definition) is 0. The monoisotopic (exact) mass is 430 g/mol. The van der Waals surface area contributed by atoms with E-state index in [9.17, 15) is 4.79 Å². The van der Waals surface area contributed by atoms with E-state index < -0.39 is 0 Å². The van der Waals surface area contributed by atoms with Gasteiger partial charge in [-0.25, -0.2) is 0 Å². The molecule has 0 heterocycles. The number of carbonyl (C=O) groups excluding carboxylic acids is 1. The van der Waals surface area contributed by atoms with Gasteiger partial charge in [0.2, 0.25) is 0 Å². The number of hydrogen-bond acceptors (Lipinski definition) is 3. The molecule has 0 N–H and O–H groups in total. The smallest absolute Gasteiger partial charge is 0.305 e. The lowest BCUT2D eigenvalue weighted by Gasteiger charge is -2.61. The Morgan fingerprint density at radius 2 is 1.84 bits per heavy atom. The zero-order chi connectivity index (χ0) is 22.2. The van der Waals surface area contributed by atoms with Crippen LogP contribution in [0.2, 0.25) is 0 Å². The first-order valence-corrected chi connectivity index (χ1v) is 13.1. The van der Waals surface area contributed by atoms with Crippen LogP contribution < -0.4 is 0 Å². The maximum absolute atomic E-state index is 11.5. The van der Waals surface area contributed by atoms with Crippen LogP contribution >= 0.6 is 0 Å². The minimum Gasteiger partial charge on any atom is -0.504 e. The zero-order valence-electron chi connectivity index (χ0n) is 20.8. The summed E-state index contributed by atoms with van der Waals surface area (Å²) in [6, 6.07) is 0. The molecular formula is C28H46O3. The third kappa shape index (κ3) is 4.08. The van der Waals surface area contributed by atoms with Crippen molar-refractivity contribution in [3.63, 3.8) is 0 Å². The molecule has 4 saturated carbocycles. The number of esters is 1. The molecular weight excluding hydrogens is 384 g/mol. The van der Waals surface area contributed by atoms with Crippen LogP contribution in [0.5, 0.6) is 0 Å². The Hall–Kier alpha value is -0.990. The van der Waals surface area contributed by atoms with E-state index in [4.69, 9.17) is 9.47 Å². The molecule has 4 aliphatic carbocycles. The van der Waals surface area contributed by atoms with Crippen molar-refractivity contribution in [3.05, 3.63) is 11.8 Å². The Balaban J connectivity index is 1.43. The molecule has 0 aromatic rings. The van der Waals surface area contributed by atoms with Crippen LogP contribution in [0.1, 0.15) is 97.8 Å². The Bertz CT molecular complexity index is 684. The number of allylic oxidation sites excluding steroid dienone is 1. The van der Waals surface area contributed by atoms with Gasteiger partial charge in [0, 0.05) is 6.42 Å². The Morgan fingerprint density at radius 3 is 2.58 bits per heavy atom. The molecule has 0 aromatic carbocycles. The van der Waals surface area contributed by atoms with Gasteiger partial charge in [0.1, 0.15) is 0 Å². The Morgan fingerprint density at radius 1 is 1.06 bits per heavy atom. The van der Waals surface area contributed by atoms with Gasteiger partial charge in [0.15, 0.2) is 0 Å². The molecule has 4 aliphatic rings. The number of rotatable bonds is 6. The highest BCUT2D eigenvalue weighted by molar-refractivity contribution is 5.68. The predicted octanol–water partition coefficient (Wildman–Crippen LogP) is 7.16. The molecule has 0 aliphatic heterocycles. The summed E-state index contributed by atoms with van der Waals surface area (Å²) in [7, 11) is 3.30. The number of carbonyl (C=O) groups is 1. The topological polar surface area (TPSA) is 35.5 Å². The summed E-state index contributed by atoms with van der Waals surface area (Å²) in [5.41, 5.74) is 2.61. The second-order valence-electron chi connectivity index (χ2n) is 12.0. The molecule has 3 nitrogen and oxygen atoms in total. The molecule has 0 unspecified atom stereocenters. The van der Waals surface area contributed by atoms with Gasteiger partial charge in [-0.2, -0.15) is 0 Å². The minimum atomic E-state index is -0.0517. The third-order valence-corrected chi connectivity index (χ3v) is 10.9. The molecule has 31 heavy (non-hydrogen) atoms. The molecule has 4 fully saturated rings. The molecule has 176 valence electrons. The van der Waals surface area contributed by atoms with E-state index in [1.54, 1.807) is 12.7 Å². The molecule has 0 spiro atoms. The van der Waals surface area contributed by atoms with Gasteiger partial charge in [0.05, 0.1) is 20.5 Å². The highest BCUT2D eigenvalue weighted by Gasteiger charge is 2.60. The van der Waals surface area contributed by atoms with E-state index in [2.05, 4.69) is 20.8 Å². The molecule has 0 amide bonds. The van der Waals surface area contributed by atoms with Crippen molar-refractivity contribution in [2.24, 2.45) is 46.3 Å². The van der Waals surface area contributed by atoms with Crippen LogP contribution in [0.3, 0.4) is 0 Å². The summed E-state index contributed by atoms with van der Waals surface area (Å²) < 4.78 is 10.2. The third-order valence-electron chi connectivity index (χ3n) is 10.9. The molecule has 0 saturated heterocycles. The van der Waals surface area contributed by atoms with Crippen molar-refractivity contribution >= 4 is 5.97 Å². The van der Waals surface area contributed by atoms with E-state index in [1.807, 2.05) is 6.26 Å². The van der Waals surface area contributed by atoms with Gasteiger partial charge < -0.3 is 9.47 Å². The van der Waals surface area contributed by atoms with E-state index in [1.165, 1.54) is 71.3 Å². The fraction of sp³-hybridized carbons (Fsp3) is 0.893. The second-order valence-corrected chi connectivity index (χ2v) is 12.0. The normalized spacial score (nSPS) is 44.2. The van der Waals surface area contributed by atoms with Crippen LogP contribution in [-0.4, -0.2) is 20.2 Å². The molecule has 3 heteroatoms. The highest BCUT2D eigenvalue weighted by atomic mass is 16.5. The first kappa shape index (κ1) is 23.2. The van der Waals surface area contributed by atoms with E-state index in [0.29, 0.717) is 17.3 Å². The molecule has 4 rings (SSSR count). The minimum absolute atomic E-state index is 0.0517. The van der Waals surface area contributed by atoms with Crippen molar-refractivity contribution in [3.8, 4) is 0 Å². The van der Waals surface area contributed by atoms with Crippen molar-refractivity contribution in [2.45, 2.75) is 97.8 Å². The van der Waals surface area contributed by atoms with Crippen LogP contribution in [0.4, 0.5) is 0 Å². The highest BCUT2D eigenvalue weighted by Crippen LogP contribution is 2.68. The predicted molar refractivity (Wildman–Crippen MR) is 125 cm³/mol. The lowest BCUT2D eigenvalue weighted by atomic mass is 9.44. The van der Waals surface area contributed by atoms with Crippen molar-refractivity contribution in [2.75, 3.05) is 14.2 Å². The van der Waals surface area contributed by atoms with Crippen molar-refractivity contribution in [1.82, 2.24) is 0 Å². The van der Waals surface area contributed by atoms with E-state index in [-0.39, 0.29) is 5.97 Å². The summed E-state index contributed by atoms with van der Waals surface area (Å²) in [6.07, 6.45) is 17.2. The van der Waals surface area contributed by atoms with Gasteiger partial charge in [-0.3, -0.25) is 4.79 Å². The SMILES string of the molecule is CO/C=C1\CC[C@@]2(C)[C@@H](CC[C@@H]3[C@@H]2CC[C@]2(C)[C@@H]([C@H](C)CCCC(=O)OC)CC[C@@H]32)C1. The van der Waals surface area contributed by atoms with Crippen molar-refractivity contribution in [1.29, 1.82) is 0 Å². The van der Waals surface area contributed by atoms with Crippen LogP contribution in [-0.2, 0) is 14.3 Å². The largest absolute Gasteiger partial charge is 0.504 e. The lowest BCUT2D eigenvalue weighted by molar-refractivity contribution is -0.140. The first-order chi connectivity index (χ1) is 14.8. The first-order valence-electron chi connectivity index (χ1n) is 13.1. The summed E-state index contributed by atoms with van der Waals surface area (Å²) in [5, 5.41) is 0. The van der Waals surface area contributed by atoms with Gasteiger partial charge in [0.25, 0.3) is 0 Å². The van der Waals surface area contributed by atoms with E-state index >= 15 is 0 Å². The lowest BCUT2D eigenvalue weighted by Crippen LogP contribution is -2.53. The van der Waals surface area contributed by atoms with Gasteiger partial charge in [-0.15, -0.1) is 0 Å². The van der Waals surface area contributed by atoms with Gasteiger partial charge >= 0.3 is 5.97 Å².